The monoisotopic (exact) mass is 317 g/mol. The number of aromatic nitrogens is 3. The van der Waals surface area contributed by atoms with Crippen molar-refractivity contribution >= 4 is 5.91 Å². The topological polar surface area (TPSA) is 77.0 Å². The summed E-state index contributed by atoms with van der Waals surface area (Å²) < 4.78 is 13.6. The van der Waals surface area contributed by atoms with Crippen LogP contribution in [-0.2, 0) is 0 Å². The smallest absolute Gasteiger partial charge is 0.256 e. The van der Waals surface area contributed by atoms with Crippen LogP contribution in [0.15, 0.2) is 30.6 Å². The van der Waals surface area contributed by atoms with Gasteiger partial charge in [0.25, 0.3) is 5.91 Å². The van der Waals surface area contributed by atoms with E-state index in [0.717, 1.165) is 12.8 Å². The highest BCUT2D eigenvalue weighted by molar-refractivity contribution is 5.98. The van der Waals surface area contributed by atoms with E-state index < -0.39 is 5.82 Å². The van der Waals surface area contributed by atoms with Gasteiger partial charge in [0.1, 0.15) is 11.5 Å². The van der Waals surface area contributed by atoms with E-state index in [1.807, 2.05) is 0 Å². The molecule has 0 saturated carbocycles. The summed E-state index contributed by atoms with van der Waals surface area (Å²) in [6, 6.07) is 4.05. The Morgan fingerprint density at radius 2 is 2.13 bits per heavy atom. The van der Waals surface area contributed by atoms with E-state index in [-0.39, 0.29) is 11.9 Å². The van der Waals surface area contributed by atoms with E-state index in [1.54, 1.807) is 4.90 Å². The number of piperidine rings is 1. The Kier molecular flexibility index (Phi) is 4.38. The Labute approximate surface area is 134 Å². The van der Waals surface area contributed by atoms with Gasteiger partial charge in [-0.3, -0.25) is 4.79 Å². The van der Waals surface area contributed by atoms with Gasteiger partial charge < -0.3 is 10.6 Å². The van der Waals surface area contributed by atoms with Gasteiger partial charge in [0.15, 0.2) is 0 Å². The van der Waals surface area contributed by atoms with Crippen LogP contribution >= 0.6 is 0 Å². The lowest BCUT2D eigenvalue weighted by Crippen LogP contribution is -2.51. The fourth-order valence-electron chi connectivity index (χ4n) is 3.21. The van der Waals surface area contributed by atoms with Crippen molar-refractivity contribution in [2.45, 2.75) is 25.8 Å². The first kappa shape index (κ1) is 15.6. The number of benzene rings is 1. The SMILES string of the molecule is C[C@@H]1CCCN(C(=O)c2ccc(F)cc2-n2nccn2)[C@@H]1CN. The zero-order chi connectivity index (χ0) is 16.4. The number of hydrogen-bond acceptors (Lipinski definition) is 4. The largest absolute Gasteiger partial charge is 0.334 e. The quantitative estimate of drug-likeness (QED) is 0.933. The predicted octanol–water partition coefficient (Wildman–Crippen LogP) is 1.61. The van der Waals surface area contributed by atoms with Crippen molar-refractivity contribution in [1.29, 1.82) is 0 Å². The predicted molar refractivity (Wildman–Crippen MR) is 83.6 cm³/mol. The molecule has 1 amide bonds. The molecule has 1 aromatic carbocycles. The first-order chi connectivity index (χ1) is 11.1. The highest BCUT2D eigenvalue weighted by Gasteiger charge is 2.32. The minimum atomic E-state index is -0.434. The minimum absolute atomic E-state index is 0.000247. The summed E-state index contributed by atoms with van der Waals surface area (Å²) >= 11 is 0. The molecule has 1 fully saturated rings. The number of carbonyl (C=O) groups is 1. The van der Waals surface area contributed by atoms with E-state index in [4.69, 9.17) is 5.73 Å². The first-order valence-corrected chi connectivity index (χ1v) is 7.79. The average Bonchev–Trinajstić information content (AvgIpc) is 3.08. The number of halogens is 1. The molecule has 1 aliphatic rings. The van der Waals surface area contributed by atoms with E-state index in [1.165, 1.54) is 35.4 Å². The molecule has 7 heteroatoms. The summed E-state index contributed by atoms with van der Waals surface area (Å²) in [5, 5.41) is 8.03. The second kappa shape index (κ2) is 6.45. The normalized spacial score (nSPS) is 21.4. The van der Waals surface area contributed by atoms with E-state index >= 15 is 0 Å². The van der Waals surface area contributed by atoms with E-state index in [2.05, 4.69) is 17.1 Å². The van der Waals surface area contributed by atoms with Gasteiger partial charge >= 0.3 is 0 Å². The maximum absolute atomic E-state index is 13.6. The van der Waals surface area contributed by atoms with Gasteiger partial charge in [-0.05, 0) is 30.9 Å². The highest BCUT2D eigenvalue weighted by Crippen LogP contribution is 2.26. The zero-order valence-corrected chi connectivity index (χ0v) is 13.0. The number of nitrogens with two attached hydrogens (primary N) is 1. The maximum Gasteiger partial charge on any atom is 0.256 e. The molecule has 0 aliphatic carbocycles. The summed E-state index contributed by atoms with van der Waals surface area (Å²) in [5.41, 5.74) is 6.60. The fraction of sp³-hybridized carbons (Fsp3) is 0.438. The van der Waals surface area contributed by atoms with Crippen LogP contribution in [-0.4, -0.2) is 44.9 Å². The number of hydrogen-bond donors (Lipinski definition) is 1. The Hall–Kier alpha value is -2.28. The molecule has 0 radical (unpaired) electrons. The lowest BCUT2D eigenvalue weighted by Gasteiger charge is -2.39. The molecule has 122 valence electrons. The van der Waals surface area contributed by atoms with Crippen LogP contribution in [0.2, 0.25) is 0 Å². The number of carbonyl (C=O) groups excluding carboxylic acids is 1. The Balaban J connectivity index is 1.99. The van der Waals surface area contributed by atoms with Gasteiger partial charge in [0.05, 0.1) is 18.0 Å². The molecule has 1 aliphatic heterocycles. The van der Waals surface area contributed by atoms with Crippen LogP contribution in [0.25, 0.3) is 5.69 Å². The molecule has 2 atom stereocenters. The molecule has 1 saturated heterocycles. The third kappa shape index (κ3) is 2.96. The van der Waals surface area contributed by atoms with Crippen LogP contribution in [0.4, 0.5) is 4.39 Å². The fourth-order valence-corrected chi connectivity index (χ4v) is 3.21. The van der Waals surface area contributed by atoms with Gasteiger partial charge in [-0.15, -0.1) is 0 Å². The summed E-state index contributed by atoms with van der Waals surface area (Å²) in [5.74, 6) is -0.236. The summed E-state index contributed by atoms with van der Waals surface area (Å²) in [4.78, 5) is 16.1. The van der Waals surface area contributed by atoms with Crippen molar-refractivity contribution < 1.29 is 9.18 Å². The Bertz CT molecular complexity index is 688. The van der Waals surface area contributed by atoms with Crippen LogP contribution in [0.5, 0.6) is 0 Å². The van der Waals surface area contributed by atoms with Crippen molar-refractivity contribution in [3.63, 3.8) is 0 Å². The van der Waals surface area contributed by atoms with E-state index in [0.29, 0.717) is 30.3 Å². The second-order valence-electron chi connectivity index (χ2n) is 5.90. The summed E-state index contributed by atoms with van der Waals surface area (Å²) in [7, 11) is 0. The van der Waals surface area contributed by atoms with Gasteiger partial charge in [-0.1, -0.05) is 6.92 Å². The third-order valence-electron chi connectivity index (χ3n) is 4.44. The van der Waals surface area contributed by atoms with Crippen LogP contribution in [0, 0.1) is 11.7 Å². The maximum atomic E-state index is 13.6. The van der Waals surface area contributed by atoms with Crippen molar-refractivity contribution in [3.8, 4) is 5.69 Å². The zero-order valence-electron chi connectivity index (χ0n) is 13.0. The molecule has 23 heavy (non-hydrogen) atoms. The van der Waals surface area contributed by atoms with Crippen molar-refractivity contribution in [1.82, 2.24) is 19.9 Å². The number of amides is 1. The average molecular weight is 317 g/mol. The van der Waals surface area contributed by atoms with Gasteiger partial charge in [0, 0.05) is 25.2 Å². The molecule has 0 spiro atoms. The number of nitrogens with zero attached hydrogens (tertiary/aromatic N) is 4. The van der Waals surface area contributed by atoms with Crippen LogP contribution in [0.1, 0.15) is 30.1 Å². The van der Waals surface area contributed by atoms with Crippen LogP contribution in [0.3, 0.4) is 0 Å². The molecular formula is C16H20FN5O. The highest BCUT2D eigenvalue weighted by atomic mass is 19.1. The van der Waals surface area contributed by atoms with Gasteiger partial charge in [-0.2, -0.15) is 15.0 Å². The lowest BCUT2D eigenvalue weighted by molar-refractivity contribution is 0.0532. The minimum Gasteiger partial charge on any atom is -0.334 e. The molecule has 2 N–H and O–H groups in total. The molecule has 2 aromatic rings. The van der Waals surface area contributed by atoms with Crippen LogP contribution < -0.4 is 5.73 Å². The van der Waals surface area contributed by atoms with Crippen molar-refractivity contribution in [2.75, 3.05) is 13.1 Å². The molecule has 2 heterocycles. The molecule has 3 rings (SSSR count). The third-order valence-corrected chi connectivity index (χ3v) is 4.44. The molecular weight excluding hydrogens is 297 g/mol. The van der Waals surface area contributed by atoms with Gasteiger partial charge in [-0.25, -0.2) is 4.39 Å². The number of likely N-dealkylation sites (tertiary alicyclic amines) is 1. The molecule has 0 unspecified atom stereocenters. The Morgan fingerprint density at radius 3 is 2.83 bits per heavy atom. The second-order valence-corrected chi connectivity index (χ2v) is 5.90. The van der Waals surface area contributed by atoms with Gasteiger partial charge in [0.2, 0.25) is 0 Å². The molecule has 1 aromatic heterocycles. The molecule has 0 bridgehead atoms. The standard InChI is InChI=1S/C16H20FN5O/c1-11-3-2-8-21(15(11)10-18)16(23)13-5-4-12(17)9-14(13)22-19-6-7-20-22/h4-7,9,11,15H,2-3,8,10,18H2,1H3/t11-,15-/m1/s1. The first-order valence-electron chi connectivity index (χ1n) is 7.79. The summed E-state index contributed by atoms with van der Waals surface area (Å²) in [6.45, 7) is 3.19. The van der Waals surface area contributed by atoms with E-state index in [9.17, 15) is 9.18 Å². The van der Waals surface area contributed by atoms with Crippen molar-refractivity contribution in [2.24, 2.45) is 11.7 Å². The Morgan fingerprint density at radius 1 is 1.39 bits per heavy atom. The lowest BCUT2D eigenvalue weighted by atomic mass is 9.90. The molecule has 6 nitrogen and oxygen atoms in total. The summed E-state index contributed by atoms with van der Waals surface area (Å²) in [6.07, 6.45) is 4.98. The number of rotatable bonds is 3. The van der Waals surface area contributed by atoms with Crippen molar-refractivity contribution in [3.05, 3.63) is 42.0 Å².